The van der Waals surface area contributed by atoms with Crippen molar-refractivity contribution in [3.05, 3.63) is 237 Å². The molecule has 0 aliphatic carbocycles. The lowest BCUT2D eigenvalue weighted by Crippen LogP contribution is -2.10. The second-order valence-electron chi connectivity index (χ2n) is 16.5. The molecule has 0 N–H and O–H groups in total. The van der Waals surface area contributed by atoms with Crippen LogP contribution >= 0.6 is 0 Å². The molecule has 0 amide bonds. The van der Waals surface area contributed by atoms with Crippen LogP contribution in [0.5, 0.6) is 0 Å². The van der Waals surface area contributed by atoms with Crippen LogP contribution in [-0.2, 0) is 0 Å². The van der Waals surface area contributed by atoms with Gasteiger partial charge in [0.1, 0.15) is 11.2 Å². The summed E-state index contributed by atoms with van der Waals surface area (Å²) in [5.74, 6) is 0. The Balaban J connectivity index is 1.08. The molecule has 0 spiro atoms. The molecule has 13 rings (SSSR count). The standard InChI is InChI=1S/C60H39N3O/c1-3-16-40(17-4-1)41-30-32-43(33-31-41)62-54-26-13-9-23-51(54)60-55(27-15-28-56(60)62)61(45-35-37-50-49-22-10-14-29-58(49)64-59(50)39-45)44-34-36-48-47-21-8-12-25-53(47)63(57(48)38-44)52-24-11-7-20-46(52)42-18-5-2-6-19-42/h1-39H. The van der Waals surface area contributed by atoms with Crippen molar-refractivity contribution in [1.82, 2.24) is 9.13 Å². The zero-order chi connectivity index (χ0) is 42.1. The highest BCUT2D eigenvalue weighted by molar-refractivity contribution is 6.18. The summed E-state index contributed by atoms with van der Waals surface area (Å²) in [6.45, 7) is 0. The van der Waals surface area contributed by atoms with E-state index in [9.17, 15) is 0 Å². The third-order valence-corrected chi connectivity index (χ3v) is 12.9. The topological polar surface area (TPSA) is 26.2 Å². The maximum atomic E-state index is 6.58. The summed E-state index contributed by atoms with van der Waals surface area (Å²) in [5, 5.41) is 6.98. The van der Waals surface area contributed by atoms with Crippen LogP contribution in [0.2, 0.25) is 0 Å². The lowest BCUT2D eigenvalue weighted by molar-refractivity contribution is 0.669. The molecule has 0 fully saturated rings. The minimum Gasteiger partial charge on any atom is -0.456 e. The number of aromatic nitrogens is 2. The highest BCUT2D eigenvalue weighted by Crippen LogP contribution is 2.47. The van der Waals surface area contributed by atoms with Gasteiger partial charge < -0.3 is 18.5 Å². The van der Waals surface area contributed by atoms with Gasteiger partial charge in [-0.3, -0.25) is 0 Å². The van der Waals surface area contributed by atoms with Crippen LogP contribution in [-0.4, -0.2) is 9.13 Å². The third-order valence-electron chi connectivity index (χ3n) is 12.9. The van der Waals surface area contributed by atoms with Gasteiger partial charge in [0.25, 0.3) is 0 Å². The van der Waals surface area contributed by atoms with Gasteiger partial charge >= 0.3 is 0 Å². The average Bonchev–Trinajstić information content (AvgIpc) is 4.02. The molecule has 0 radical (unpaired) electrons. The smallest absolute Gasteiger partial charge is 0.137 e. The van der Waals surface area contributed by atoms with Crippen molar-refractivity contribution < 1.29 is 4.42 Å². The first kappa shape index (κ1) is 36.1. The molecule has 0 bridgehead atoms. The van der Waals surface area contributed by atoms with Crippen LogP contribution in [0.3, 0.4) is 0 Å². The molecule has 4 nitrogen and oxygen atoms in total. The van der Waals surface area contributed by atoms with Gasteiger partial charge in [-0.25, -0.2) is 0 Å². The summed E-state index contributed by atoms with van der Waals surface area (Å²) in [4.78, 5) is 2.43. The fourth-order valence-electron chi connectivity index (χ4n) is 10.1. The van der Waals surface area contributed by atoms with Crippen molar-refractivity contribution in [1.29, 1.82) is 0 Å². The van der Waals surface area contributed by atoms with Crippen molar-refractivity contribution in [3.8, 4) is 33.6 Å². The summed E-state index contributed by atoms with van der Waals surface area (Å²) < 4.78 is 11.4. The monoisotopic (exact) mass is 817 g/mol. The maximum absolute atomic E-state index is 6.58. The molecular formula is C60H39N3O. The quantitative estimate of drug-likeness (QED) is 0.160. The van der Waals surface area contributed by atoms with E-state index in [-0.39, 0.29) is 0 Å². The van der Waals surface area contributed by atoms with Gasteiger partial charge in [0.2, 0.25) is 0 Å². The van der Waals surface area contributed by atoms with E-state index in [0.717, 1.165) is 72.4 Å². The van der Waals surface area contributed by atoms with Crippen LogP contribution in [0, 0.1) is 0 Å². The largest absolute Gasteiger partial charge is 0.456 e. The summed E-state index contributed by atoms with van der Waals surface area (Å²) >= 11 is 0. The second kappa shape index (κ2) is 14.5. The molecule has 0 saturated heterocycles. The van der Waals surface area contributed by atoms with Crippen LogP contribution in [0.4, 0.5) is 17.1 Å². The van der Waals surface area contributed by atoms with E-state index >= 15 is 0 Å². The van der Waals surface area contributed by atoms with Crippen molar-refractivity contribution in [2.45, 2.75) is 0 Å². The Morgan fingerprint density at radius 1 is 0.328 bits per heavy atom. The average molecular weight is 818 g/mol. The van der Waals surface area contributed by atoms with Gasteiger partial charge in [-0.1, -0.05) is 158 Å². The van der Waals surface area contributed by atoms with Crippen molar-refractivity contribution in [3.63, 3.8) is 0 Å². The fraction of sp³-hybridized carbons (Fsp3) is 0. The van der Waals surface area contributed by atoms with Gasteiger partial charge in [-0.05, 0) is 89.5 Å². The molecule has 0 atom stereocenters. The van der Waals surface area contributed by atoms with Crippen molar-refractivity contribution in [2.75, 3.05) is 4.90 Å². The summed E-state index contributed by atoms with van der Waals surface area (Å²) in [6, 6.07) is 85.2. The lowest BCUT2D eigenvalue weighted by atomic mass is 10.0. The van der Waals surface area contributed by atoms with E-state index in [0.29, 0.717) is 0 Å². The highest BCUT2D eigenvalue weighted by Gasteiger charge is 2.24. The van der Waals surface area contributed by atoms with E-state index in [4.69, 9.17) is 4.42 Å². The van der Waals surface area contributed by atoms with Crippen LogP contribution in [0.25, 0.3) is 99.2 Å². The number of fused-ring (bicyclic) bond motifs is 9. The molecule has 13 aromatic rings. The Hall–Kier alpha value is -8.60. The van der Waals surface area contributed by atoms with Gasteiger partial charge in [0.15, 0.2) is 0 Å². The predicted octanol–water partition coefficient (Wildman–Crippen LogP) is 16.6. The van der Waals surface area contributed by atoms with Crippen molar-refractivity contribution in [2.24, 2.45) is 0 Å². The molecule has 3 heterocycles. The van der Waals surface area contributed by atoms with Crippen molar-refractivity contribution >= 4 is 82.6 Å². The number of hydrogen-bond acceptors (Lipinski definition) is 2. The molecule has 64 heavy (non-hydrogen) atoms. The zero-order valence-corrected chi connectivity index (χ0v) is 34.8. The van der Waals surface area contributed by atoms with E-state index < -0.39 is 0 Å². The number of hydrogen-bond donors (Lipinski definition) is 0. The molecule has 4 heteroatoms. The van der Waals surface area contributed by atoms with Crippen LogP contribution < -0.4 is 4.90 Å². The summed E-state index contributed by atoms with van der Waals surface area (Å²) in [7, 11) is 0. The molecule has 0 aliphatic rings. The van der Waals surface area contributed by atoms with Crippen LogP contribution in [0.15, 0.2) is 241 Å². The number of rotatable bonds is 7. The molecule has 0 saturated carbocycles. The van der Waals surface area contributed by atoms with E-state index in [1.807, 2.05) is 6.07 Å². The molecule has 300 valence electrons. The highest BCUT2D eigenvalue weighted by atomic mass is 16.3. The normalized spacial score (nSPS) is 11.8. The lowest BCUT2D eigenvalue weighted by Gasteiger charge is -2.27. The van der Waals surface area contributed by atoms with Gasteiger partial charge in [-0.2, -0.15) is 0 Å². The third kappa shape index (κ3) is 5.63. The molecule has 0 unspecified atom stereocenters. The van der Waals surface area contributed by atoms with E-state index in [2.05, 4.69) is 245 Å². The first-order valence-corrected chi connectivity index (χ1v) is 21.8. The second-order valence-corrected chi connectivity index (χ2v) is 16.5. The number of anilines is 3. The number of benzene rings is 10. The minimum absolute atomic E-state index is 0.851. The van der Waals surface area contributed by atoms with E-state index in [1.165, 1.54) is 43.8 Å². The Labute approximate surface area is 369 Å². The molecule has 0 aliphatic heterocycles. The fourth-order valence-corrected chi connectivity index (χ4v) is 10.1. The van der Waals surface area contributed by atoms with E-state index in [1.54, 1.807) is 0 Å². The zero-order valence-electron chi connectivity index (χ0n) is 34.8. The Kier molecular flexibility index (Phi) is 8.18. The summed E-state index contributed by atoms with van der Waals surface area (Å²) in [6.07, 6.45) is 0. The predicted molar refractivity (Wildman–Crippen MR) is 268 cm³/mol. The molecule has 3 aromatic heterocycles. The number of nitrogens with zero attached hydrogens (tertiary/aromatic N) is 3. The number of para-hydroxylation sites is 4. The Bertz CT molecular complexity index is 3890. The van der Waals surface area contributed by atoms with Gasteiger partial charge in [0.05, 0.1) is 33.4 Å². The van der Waals surface area contributed by atoms with Gasteiger partial charge in [-0.15, -0.1) is 0 Å². The molecule has 10 aromatic carbocycles. The Morgan fingerprint density at radius 2 is 0.891 bits per heavy atom. The summed E-state index contributed by atoms with van der Waals surface area (Å²) in [5.41, 5.74) is 16.4. The molecular weight excluding hydrogens is 779 g/mol. The first-order chi connectivity index (χ1) is 31.8. The minimum atomic E-state index is 0.851. The Morgan fingerprint density at radius 3 is 1.69 bits per heavy atom. The number of furan rings is 1. The van der Waals surface area contributed by atoms with Gasteiger partial charge in [0, 0.05) is 61.0 Å². The SMILES string of the molecule is c1ccc(-c2ccc(-n3c4ccccc4c4c(N(c5ccc6c(c5)oc5ccccc56)c5ccc6c7ccccc7n(-c7ccccc7-c7ccccc7)c6c5)cccc43)cc2)cc1. The maximum Gasteiger partial charge on any atom is 0.137 e. The van der Waals surface area contributed by atoms with Crippen LogP contribution in [0.1, 0.15) is 0 Å². The first-order valence-electron chi connectivity index (χ1n) is 21.8.